The molecule has 0 spiro atoms. The quantitative estimate of drug-likeness (QED) is 0.639. The van der Waals surface area contributed by atoms with Gasteiger partial charge in [0.05, 0.1) is 5.69 Å². The molecule has 0 amide bonds. The van der Waals surface area contributed by atoms with Gasteiger partial charge in [0.15, 0.2) is 5.13 Å². The van der Waals surface area contributed by atoms with Gasteiger partial charge in [-0.1, -0.05) is 25.1 Å². The third kappa shape index (κ3) is 3.15. The zero-order valence-electron chi connectivity index (χ0n) is 14.9. The summed E-state index contributed by atoms with van der Waals surface area (Å²) in [5, 5.41) is 5.77. The van der Waals surface area contributed by atoms with Gasteiger partial charge in [0.25, 0.3) is 5.56 Å². The van der Waals surface area contributed by atoms with Crippen LogP contribution in [0.25, 0.3) is 11.3 Å². The van der Waals surface area contributed by atoms with Crippen LogP contribution in [-0.4, -0.2) is 14.5 Å². The lowest BCUT2D eigenvalue weighted by Crippen LogP contribution is -2.32. The number of para-hydroxylation sites is 1. The summed E-state index contributed by atoms with van der Waals surface area (Å²) < 4.78 is 1.32. The molecule has 136 valence electrons. The van der Waals surface area contributed by atoms with E-state index in [4.69, 9.17) is 5.73 Å². The maximum absolute atomic E-state index is 12.2. The molecule has 0 saturated carbocycles. The molecule has 26 heavy (non-hydrogen) atoms. The summed E-state index contributed by atoms with van der Waals surface area (Å²) in [6.07, 6.45) is 0.899. The van der Waals surface area contributed by atoms with E-state index in [1.54, 1.807) is 12.3 Å². The Hall–Kier alpha value is -2.87. The Morgan fingerprint density at radius 1 is 1.31 bits per heavy atom. The van der Waals surface area contributed by atoms with Crippen LogP contribution in [0.2, 0.25) is 0 Å². The van der Waals surface area contributed by atoms with E-state index >= 15 is 0 Å². The van der Waals surface area contributed by atoms with Gasteiger partial charge in [-0.3, -0.25) is 14.3 Å². The normalized spacial score (nSPS) is 10.9. The monoisotopic (exact) mass is 371 g/mol. The molecule has 0 radical (unpaired) electrons. The molecule has 2 aromatic heterocycles. The first-order valence-corrected chi connectivity index (χ1v) is 9.28. The largest absolute Gasteiger partial charge is 0.384 e. The summed E-state index contributed by atoms with van der Waals surface area (Å²) in [4.78, 5) is 30.9. The Kier molecular flexibility index (Phi) is 4.94. The summed E-state index contributed by atoms with van der Waals surface area (Å²) >= 11 is 1.38. The predicted molar refractivity (Wildman–Crippen MR) is 106 cm³/mol. The van der Waals surface area contributed by atoms with Gasteiger partial charge in [-0.25, -0.2) is 9.78 Å². The molecule has 0 atom stereocenters. The van der Waals surface area contributed by atoms with Crippen LogP contribution >= 0.6 is 11.3 Å². The first kappa shape index (κ1) is 17.9. The van der Waals surface area contributed by atoms with Crippen LogP contribution in [0.15, 0.2) is 33.2 Å². The third-order valence-corrected chi connectivity index (χ3v) is 5.05. The number of hydrogen-bond donors (Lipinski definition) is 3. The third-order valence-electron chi connectivity index (χ3n) is 4.29. The molecule has 3 rings (SSSR count). The van der Waals surface area contributed by atoms with E-state index in [0.29, 0.717) is 17.4 Å². The summed E-state index contributed by atoms with van der Waals surface area (Å²) in [7, 11) is 0. The Morgan fingerprint density at radius 2 is 2.08 bits per heavy atom. The highest BCUT2D eigenvalue weighted by atomic mass is 32.1. The molecule has 3 aromatic rings. The van der Waals surface area contributed by atoms with Crippen LogP contribution in [0, 0.1) is 6.92 Å². The van der Waals surface area contributed by atoms with Crippen LogP contribution in [0.4, 0.5) is 16.6 Å². The number of nitrogens with two attached hydrogens (primary N) is 1. The first-order valence-electron chi connectivity index (χ1n) is 8.40. The Labute approximate surface area is 154 Å². The smallest absolute Gasteiger partial charge is 0.329 e. The fraction of sp³-hybridized carbons (Fsp3) is 0.278. The highest BCUT2D eigenvalue weighted by Crippen LogP contribution is 2.30. The van der Waals surface area contributed by atoms with E-state index in [0.717, 1.165) is 17.7 Å². The Bertz CT molecular complexity index is 1060. The molecule has 0 aliphatic rings. The van der Waals surface area contributed by atoms with E-state index in [-0.39, 0.29) is 11.4 Å². The van der Waals surface area contributed by atoms with Crippen molar-refractivity contribution in [3.63, 3.8) is 0 Å². The second-order valence-corrected chi connectivity index (χ2v) is 6.75. The van der Waals surface area contributed by atoms with E-state index in [9.17, 15) is 9.59 Å². The second kappa shape index (κ2) is 7.17. The van der Waals surface area contributed by atoms with Crippen molar-refractivity contribution < 1.29 is 0 Å². The molecular formula is C18H21N5O2S. The minimum atomic E-state index is -0.529. The molecule has 0 fully saturated rings. The zero-order valence-corrected chi connectivity index (χ0v) is 15.7. The minimum absolute atomic E-state index is 0.128. The molecule has 0 aliphatic carbocycles. The Morgan fingerprint density at radius 3 is 2.77 bits per heavy atom. The van der Waals surface area contributed by atoms with Crippen molar-refractivity contribution in [1.29, 1.82) is 0 Å². The molecule has 4 N–H and O–H groups in total. The molecule has 1 aromatic carbocycles. The fourth-order valence-electron chi connectivity index (χ4n) is 2.90. The van der Waals surface area contributed by atoms with Crippen molar-refractivity contribution in [3.05, 3.63) is 55.5 Å². The van der Waals surface area contributed by atoms with Gasteiger partial charge < -0.3 is 11.1 Å². The van der Waals surface area contributed by atoms with E-state index in [2.05, 4.69) is 28.3 Å². The topological polar surface area (TPSA) is 106 Å². The molecular weight excluding hydrogens is 350 g/mol. The maximum Gasteiger partial charge on any atom is 0.329 e. The molecule has 8 heteroatoms. The molecule has 7 nitrogen and oxygen atoms in total. The molecule has 2 heterocycles. The van der Waals surface area contributed by atoms with Crippen molar-refractivity contribution in [2.45, 2.75) is 33.7 Å². The molecule has 0 bridgehead atoms. The van der Waals surface area contributed by atoms with Gasteiger partial charge in [0, 0.05) is 17.6 Å². The van der Waals surface area contributed by atoms with Gasteiger partial charge in [-0.05, 0) is 31.4 Å². The second-order valence-electron chi connectivity index (χ2n) is 5.89. The van der Waals surface area contributed by atoms with Crippen LogP contribution < -0.4 is 22.3 Å². The van der Waals surface area contributed by atoms with E-state index in [1.165, 1.54) is 21.5 Å². The maximum atomic E-state index is 12.2. The lowest BCUT2D eigenvalue weighted by atomic mass is 10.1. The van der Waals surface area contributed by atoms with Crippen LogP contribution in [0.3, 0.4) is 0 Å². The average Bonchev–Trinajstić information content (AvgIpc) is 3.04. The molecule has 0 saturated heterocycles. The highest BCUT2D eigenvalue weighted by Gasteiger charge is 2.17. The summed E-state index contributed by atoms with van der Waals surface area (Å²) in [6.45, 7) is 6.29. The number of nitrogens with one attached hydrogen (secondary N) is 2. The number of thiazole rings is 1. The van der Waals surface area contributed by atoms with E-state index < -0.39 is 11.2 Å². The van der Waals surface area contributed by atoms with Crippen molar-refractivity contribution in [3.8, 4) is 11.3 Å². The van der Waals surface area contributed by atoms with Crippen LogP contribution in [0.1, 0.15) is 25.0 Å². The summed E-state index contributed by atoms with van der Waals surface area (Å²) in [5.74, 6) is 0.128. The van der Waals surface area contributed by atoms with Gasteiger partial charge in [0.2, 0.25) is 0 Å². The van der Waals surface area contributed by atoms with Crippen LogP contribution in [0.5, 0.6) is 0 Å². The fourth-order valence-corrected chi connectivity index (χ4v) is 3.61. The SMILES string of the molecule is CCc1cccc(C)c1Nc1nc(-c2c(N)n(CC)c(=O)[nH]c2=O)cs1. The summed E-state index contributed by atoms with van der Waals surface area (Å²) in [6, 6.07) is 6.14. The van der Waals surface area contributed by atoms with Gasteiger partial charge in [0.1, 0.15) is 11.4 Å². The summed E-state index contributed by atoms with van der Waals surface area (Å²) in [5.41, 5.74) is 9.01. The number of nitrogen functional groups attached to an aromatic ring is 1. The number of hydrogen-bond acceptors (Lipinski definition) is 6. The lowest BCUT2D eigenvalue weighted by molar-refractivity contribution is 0.706. The van der Waals surface area contributed by atoms with Crippen molar-refractivity contribution >= 4 is 28.0 Å². The number of nitrogens with zero attached hydrogens (tertiary/aromatic N) is 2. The number of H-pyrrole nitrogens is 1. The van der Waals surface area contributed by atoms with Gasteiger partial charge in [-0.15, -0.1) is 11.3 Å². The average molecular weight is 371 g/mol. The van der Waals surface area contributed by atoms with E-state index in [1.807, 2.05) is 19.1 Å². The number of aryl methyl sites for hydroxylation is 2. The number of benzene rings is 1. The molecule has 0 aliphatic heterocycles. The van der Waals surface area contributed by atoms with Crippen LogP contribution in [-0.2, 0) is 13.0 Å². The Balaban J connectivity index is 2.03. The standard InChI is InChI=1S/C18H21N5O2S/c1-4-11-8-6-7-10(3)14(11)21-17-20-12(9-26-17)13-15(19)23(5-2)18(25)22-16(13)24/h6-9H,4-5,19H2,1-3H3,(H,20,21)(H,22,24,25). The number of rotatable bonds is 5. The predicted octanol–water partition coefficient (Wildman–Crippen LogP) is 2.88. The van der Waals surface area contributed by atoms with Gasteiger partial charge in [-0.2, -0.15) is 0 Å². The lowest BCUT2D eigenvalue weighted by Gasteiger charge is -2.12. The highest BCUT2D eigenvalue weighted by molar-refractivity contribution is 7.14. The number of aromatic amines is 1. The number of anilines is 3. The zero-order chi connectivity index (χ0) is 18.8. The van der Waals surface area contributed by atoms with Gasteiger partial charge >= 0.3 is 5.69 Å². The molecule has 0 unspecified atom stereocenters. The van der Waals surface area contributed by atoms with Crippen molar-refractivity contribution in [1.82, 2.24) is 14.5 Å². The van der Waals surface area contributed by atoms with Crippen molar-refractivity contribution in [2.75, 3.05) is 11.1 Å². The minimum Gasteiger partial charge on any atom is -0.384 e. The number of aromatic nitrogens is 3. The van der Waals surface area contributed by atoms with Crippen molar-refractivity contribution in [2.24, 2.45) is 0 Å². The first-order chi connectivity index (χ1) is 12.5.